The Balaban J connectivity index is 1.50. The van der Waals surface area contributed by atoms with Gasteiger partial charge < -0.3 is 0 Å². The molecule has 129 valence electrons. The highest BCUT2D eigenvalue weighted by atomic mass is 32.1. The van der Waals surface area contributed by atoms with Crippen molar-refractivity contribution in [2.45, 2.75) is 88.2 Å². The molecule has 0 N–H and O–H groups in total. The van der Waals surface area contributed by atoms with Crippen LogP contribution in [0.4, 0.5) is 0 Å². The Morgan fingerprint density at radius 2 is 1.46 bits per heavy atom. The maximum Gasteiger partial charge on any atom is 0.117 e. The summed E-state index contributed by atoms with van der Waals surface area (Å²) in [5.74, 6) is 2.40. The van der Waals surface area contributed by atoms with Crippen LogP contribution >= 0.6 is 11.3 Å². The van der Waals surface area contributed by atoms with Gasteiger partial charge in [-0.15, -0.1) is 11.3 Å². The topological polar surface area (TPSA) is 12.9 Å². The van der Waals surface area contributed by atoms with Crippen LogP contribution in [-0.4, -0.2) is 12.3 Å². The second kappa shape index (κ2) is 9.03. The summed E-state index contributed by atoms with van der Waals surface area (Å²) in [6.07, 6.45) is 19.3. The molecule has 3 rings (SSSR count). The van der Waals surface area contributed by atoms with Crippen molar-refractivity contribution in [1.29, 1.82) is 0 Å². The van der Waals surface area contributed by atoms with Gasteiger partial charge in [0, 0.05) is 5.92 Å². The SMILES string of the molecule is C=Cc1nc(C2CCC([B]C3CCCCCCC3)CC2)sc1C=C. The lowest BCUT2D eigenvalue weighted by atomic mass is 9.48. The summed E-state index contributed by atoms with van der Waals surface area (Å²) in [6.45, 7) is 7.79. The molecule has 3 heteroatoms. The second-order valence-electron chi connectivity index (χ2n) is 7.62. The standard InChI is InChI=1S/C21H31BNS/c1-3-19-20(4-2)24-21(23-19)16-12-14-18(15-13-16)22-17-10-8-6-5-7-9-11-17/h3-4,16-18H,1-2,5-15H2. The van der Waals surface area contributed by atoms with Crippen molar-refractivity contribution in [2.24, 2.45) is 0 Å². The molecule has 0 saturated heterocycles. The zero-order valence-corrected chi connectivity index (χ0v) is 15.8. The molecule has 1 aromatic rings. The van der Waals surface area contributed by atoms with Gasteiger partial charge in [-0.25, -0.2) is 4.98 Å². The minimum Gasteiger partial charge on any atom is -0.241 e. The van der Waals surface area contributed by atoms with Crippen molar-refractivity contribution in [3.8, 4) is 0 Å². The van der Waals surface area contributed by atoms with Crippen molar-refractivity contribution in [1.82, 2.24) is 4.98 Å². The fourth-order valence-electron chi connectivity index (χ4n) is 4.45. The average molecular weight is 340 g/mol. The maximum atomic E-state index is 4.81. The quantitative estimate of drug-likeness (QED) is 0.520. The first kappa shape index (κ1) is 18.0. The Kier molecular flexibility index (Phi) is 6.77. The molecular formula is C21H31BNS. The van der Waals surface area contributed by atoms with Gasteiger partial charge in [0.05, 0.1) is 15.6 Å². The van der Waals surface area contributed by atoms with Gasteiger partial charge in [-0.3, -0.25) is 0 Å². The first-order valence-electron chi connectivity index (χ1n) is 9.90. The summed E-state index contributed by atoms with van der Waals surface area (Å²) < 4.78 is 0. The van der Waals surface area contributed by atoms with E-state index in [0.29, 0.717) is 5.92 Å². The average Bonchev–Trinajstić information content (AvgIpc) is 3.01. The zero-order chi connectivity index (χ0) is 16.8. The number of thiazole rings is 1. The molecule has 2 aliphatic rings. The molecule has 2 aliphatic carbocycles. The van der Waals surface area contributed by atoms with Gasteiger partial charge in [-0.1, -0.05) is 82.6 Å². The molecular weight excluding hydrogens is 309 g/mol. The number of hydrogen-bond donors (Lipinski definition) is 0. The molecule has 1 aromatic heterocycles. The monoisotopic (exact) mass is 340 g/mol. The van der Waals surface area contributed by atoms with Gasteiger partial charge >= 0.3 is 0 Å². The molecule has 0 unspecified atom stereocenters. The Hall–Kier alpha value is -0.825. The van der Waals surface area contributed by atoms with Crippen molar-refractivity contribution >= 4 is 30.8 Å². The smallest absolute Gasteiger partial charge is 0.117 e. The van der Waals surface area contributed by atoms with Gasteiger partial charge in [0.25, 0.3) is 0 Å². The number of nitrogens with zero attached hydrogens (tertiary/aromatic N) is 1. The van der Waals surface area contributed by atoms with Gasteiger partial charge in [0.15, 0.2) is 0 Å². The van der Waals surface area contributed by atoms with Crippen molar-refractivity contribution in [3.05, 3.63) is 28.7 Å². The molecule has 0 bridgehead atoms. The summed E-state index contributed by atoms with van der Waals surface area (Å²) in [7, 11) is 2.74. The predicted octanol–water partition coefficient (Wildman–Crippen LogP) is 7.11. The van der Waals surface area contributed by atoms with Crippen LogP contribution in [0.3, 0.4) is 0 Å². The number of aromatic nitrogens is 1. The van der Waals surface area contributed by atoms with Gasteiger partial charge in [0.2, 0.25) is 0 Å². The highest BCUT2D eigenvalue weighted by molar-refractivity contribution is 7.12. The third-order valence-electron chi connectivity index (χ3n) is 5.89. The highest BCUT2D eigenvalue weighted by Gasteiger charge is 2.27. The van der Waals surface area contributed by atoms with E-state index in [1.807, 2.05) is 23.5 Å². The van der Waals surface area contributed by atoms with E-state index >= 15 is 0 Å². The van der Waals surface area contributed by atoms with Gasteiger partial charge in [0.1, 0.15) is 7.28 Å². The van der Waals surface area contributed by atoms with Crippen molar-refractivity contribution in [3.63, 3.8) is 0 Å². The van der Waals surface area contributed by atoms with E-state index in [4.69, 9.17) is 4.98 Å². The molecule has 0 spiro atoms. The third kappa shape index (κ3) is 4.62. The van der Waals surface area contributed by atoms with E-state index in [1.165, 1.54) is 80.5 Å². The maximum absolute atomic E-state index is 4.81. The van der Waals surface area contributed by atoms with Crippen LogP contribution in [0.15, 0.2) is 13.2 Å². The Morgan fingerprint density at radius 1 is 0.833 bits per heavy atom. The van der Waals surface area contributed by atoms with E-state index in [1.54, 1.807) is 0 Å². The van der Waals surface area contributed by atoms with Crippen LogP contribution in [0.2, 0.25) is 11.6 Å². The fourth-order valence-corrected chi connectivity index (χ4v) is 5.54. The lowest BCUT2D eigenvalue weighted by Crippen LogP contribution is -2.18. The normalized spacial score (nSPS) is 26.3. The zero-order valence-electron chi connectivity index (χ0n) is 15.0. The minimum atomic E-state index is 0.657. The second-order valence-corrected chi connectivity index (χ2v) is 8.68. The largest absolute Gasteiger partial charge is 0.241 e. The Labute approximate surface area is 152 Å². The summed E-state index contributed by atoms with van der Waals surface area (Å²) in [4.78, 5) is 5.99. The van der Waals surface area contributed by atoms with Gasteiger partial charge in [-0.2, -0.15) is 0 Å². The molecule has 0 amide bonds. The molecule has 1 nitrogen and oxygen atoms in total. The first-order chi connectivity index (χ1) is 11.8. The number of rotatable bonds is 5. The summed E-state index contributed by atoms with van der Waals surface area (Å²) >= 11 is 1.82. The summed E-state index contributed by atoms with van der Waals surface area (Å²) in [5, 5.41) is 1.31. The molecule has 0 aliphatic heterocycles. The van der Waals surface area contributed by atoms with E-state index in [2.05, 4.69) is 20.4 Å². The van der Waals surface area contributed by atoms with Crippen LogP contribution in [0.25, 0.3) is 12.2 Å². The highest BCUT2D eigenvalue weighted by Crippen LogP contribution is 2.42. The lowest BCUT2D eigenvalue weighted by molar-refractivity contribution is 0.431. The number of hydrogen-bond acceptors (Lipinski definition) is 2. The fraction of sp³-hybridized carbons (Fsp3) is 0.667. The van der Waals surface area contributed by atoms with E-state index in [-0.39, 0.29) is 0 Å². The van der Waals surface area contributed by atoms with Crippen LogP contribution in [0, 0.1) is 0 Å². The van der Waals surface area contributed by atoms with Crippen LogP contribution in [-0.2, 0) is 0 Å². The first-order valence-corrected chi connectivity index (χ1v) is 10.7. The third-order valence-corrected chi connectivity index (χ3v) is 7.12. The van der Waals surface area contributed by atoms with E-state index < -0.39 is 0 Å². The molecule has 2 fully saturated rings. The van der Waals surface area contributed by atoms with Crippen molar-refractivity contribution in [2.75, 3.05) is 0 Å². The van der Waals surface area contributed by atoms with E-state index in [9.17, 15) is 0 Å². The lowest BCUT2D eigenvalue weighted by Gasteiger charge is -2.30. The molecule has 1 heterocycles. The minimum absolute atomic E-state index is 0.657. The van der Waals surface area contributed by atoms with Crippen LogP contribution < -0.4 is 0 Å². The predicted molar refractivity (Wildman–Crippen MR) is 109 cm³/mol. The van der Waals surface area contributed by atoms with E-state index in [0.717, 1.165) is 17.3 Å². The molecule has 0 aromatic carbocycles. The molecule has 2 saturated carbocycles. The molecule has 0 atom stereocenters. The van der Waals surface area contributed by atoms with Crippen LogP contribution in [0.5, 0.6) is 0 Å². The van der Waals surface area contributed by atoms with Crippen molar-refractivity contribution < 1.29 is 0 Å². The van der Waals surface area contributed by atoms with Crippen LogP contribution in [0.1, 0.15) is 92.1 Å². The Morgan fingerprint density at radius 3 is 2.04 bits per heavy atom. The summed E-state index contributed by atoms with van der Waals surface area (Å²) in [5.41, 5.74) is 1.02. The molecule has 24 heavy (non-hydrogen) atoms. The Bertz CT molecular complexity index is 509. The molecule has 1 radical (unpaired) electrons. The summed E-state index contributed by atoms with van der Waals surface area (Å²) in [6, 6.07) is 0. The van der Waals surface area contributed by atoms with Gasteiger partial charge in [-0.05, 0) is 25.0 Å².